The van der Waals surface area contributed by atoms with Crippen LogP contribution in [-0.2, 0) is 9.05 Å². The van der Waals surface area contributed by atoms with Crippen molar-refractivity contribution in [2.45, 2.75) is 79.6 Å². The second kappa shape index (κ2) is 11.1. The van der Waals surface area contributed by atoms with Gasteiger partial charge in [0.05, 0.1) is 5.69 Å². The molecule has 0 radical (unpaired) electrons. The number of halogens is 1. The van der Waals surface area contributed by atoms with Crippen molar-refractivity contribution < 1.29 is 8.42 Å². The summed E-state index contributed by atoms with van der Waals surface area (Å²) in [5, 5.41) is 3.13. The number of benzene rings is 1. The monoisotopic (exact) mass is 435 g/mol. The van der Waals surface area contributed by atoms with Gasteiger partial charge in [-0.2, -0.15) is 0 Å². The first-order chi connectivity index (χ1) is 12.5. The summed E-state index contributed by atoms with van der Waals surface area (Å²) in [5.41, 5.74) is 0.845. The number of para-hydroxylation sites is 1. The molecule has 0 saturated heterocycles. The average molecular weight is 436 g/mol. The molecule has 1 atom stereocenters. The molecule has 2 rings (SSSR count). The predicted octanol–water partition coefficient (Wildman–Crippen LogP) is 7.04. The number of hydrogen-bond acceptors (Lipinski definition) is 5. The lowest BCUT2D eigenvalue weighted by atomic mass is 10.1. The summed E-state index contributed by atoms with van der Waals surface area (Å²) in [6, 6.07) is 7.64. The summed E-state index contributed by atoms with van der Waals surface area (Å²) < 4.78 is 23.2. The van der Waals surface area contributed by atoms with Crippen LogP contribution in [0.5, 0.6) is 0 Å². The molecule has 1 aliphatic heterocycles. The van der Waals surface area contributed by atoms with Gasteiger partial charge in [-0.3, -0.25) is 0 Å². The summed E-state index contributed by atoms with van der Waals surface area (Å²) in [6.07, 6.45) is 12.8. The minimum atomic E-state index is -3.76. The Morgan fingerprint density at radius 2 is 1.58 bits per heavy atom. The molecule has 1 aromatic carbocycles. The fourth-order valence-corrected chi connectivity index (χ4v) is 7.93. The van der Waals surface area contributed by atoms with Crippen molar-refractivity contribution in [1.29, 1.82) is 0 Å². The Balaban J connectivity index is 1.66. The van der Waals surface area contributed by atoms with E-state index in [4.69, 9.17) is 10.7 Å². The van der Waals surface area contributed by atoms with Crippen molar-refractivity contribution in [2.75, 3.05) is 11.1 Å². The van der Waals surface area contributed by atoms with Gasteiger partial charge in [-0.05, 0) is 24.3 Å². The van der Waals surface area contributed by atoms with E-state index in [1.54, 1.807) is 0 Å². The zero-order chi connectivity index (χ0) is 18.9. The second-order valence-corrected chi connectivity index (χ2v) is 12.8. The van der Waals surface area contributed by atoms with Crippen LogP contribution in [0.2, 0.25) is 0 Å². The van der Waals surface area contributed by atoms with Crippen LogP contribution in [0.25, 0.3) is 0 Å². The molecular formula is C19H30ClNO2S3. The van der Waals surface area contributed by atoms with Gasteiger partial charge in [0, 0.05) is 15.6 Å². The Morgan fingerprint density at radius 3 is 2.15 bits per heavy atom. The number of unbranched alkanes of at least 4 members (excludes halogenated alkanes) is 9. The summed E-state index contributed by atoms with van der Waals surface area (Å²) in [5.74, 6) is 0.788. The van der Waals surface area contributed by atoms with Crippen LogP contribution in [0, 0.1) is 0 Å². The zero-order valence-corrected chi connectivity index (χ0v) is 18.7. The van der Waals surface area contributed by atoms with Crippen molar-refractivity contribution in [2.24, 2.45) is 0 Å². The highest BCUT2D eigenvalue weighted by atomic mass is 35.7. The lowest BCUT2D eigenvalue weighted by Gasteiger charge is -2.24. The van der Waals surface area contributed by atoms with E-state index in [1.165, 1.54) is 74.9 Å². The van der Waals surface area contributed by atoms with Gasteiger partial charge in [-0.1, -0.05) is 88.6 Å². The molecule has 26 heavy (non-hydrogen) atoms. The van der Waals surface area contributed by atoms with Gasteiger partial charge in [0.15, 0.2) is 0 Å². The first-order valence-corrected chi connectivity index (χ1v) is 13.7. The van der Waals surface area contributed by atoms with Gasteiger partial charge in [-0.25, -0.2) is 8.42 Å². The smallest absolute Gasteiger partial charge is 0.276 e. The lowest BCUT2D eigenvalue weighted by molar-refractivity contribution is 0.563. The Kier molecular flexibility index (Phi) is 9.48. The molecule has 148 valence electrons. The van der Waals surface area contributed by atoms with Crippen LogP contribution in [-0.4, -0.2) is 17.7 Å². The standard InChI is InChI=1S/C19H30ClNO2S3/c1-2-3-4-5-6-7-8-9-10-13-16-24-19(26(20,22)23)21-17-14-11-12-15-18(17)25-19/h11-12,14-15,21H,2-10,13,16H2,1H3. The third-order valence-corrected chi connectivity index (χ3v) is 11.0. The lowest BCUT2D eigenvalue weighted by Crippen LogP contribution is -2.34. The molecule has 0 aliphatic carbocycles. The van der Waals surface area contributed by atoms with Gasteiger partial charge in [0.2, 0.25) is 0 Å². The fourth-order valence-electron chi connectivity index (χ4n) is 3.04. The van der Waals surface area contributed by atoms with E-state index in [0.717, 1.165) is 29.2 Å². The number of rotatable bonds is 13. The quantitative estimate of drug-likeness (QED) is 0.266. The number of thioether (sulfide) groups is 2. The van der Waals surface area contributed by atoms with E-state index in [1.807, 2.05) is 24.3 Å². The molecule has 3 nitrogen and oxygen atoms in total. The maximum absolute atomic E-state index is 12.2. The van der Waals surface area contributed by atoms with Crippen LogP contribution in [0.4, 0.5) is 5.69 Å². The van der Waals surface area contributed by atoms with Gasteiger partial charge in [-0.15, -0.1) is 11.8 Å². The summed E-state index contributed by atoms with van der Waals surface area (Å²) >= 11 is 2.71. The third-order valence-electron chi connectivity index (χ3n) is 4.53. The molecule has 1 aliphatic rings. The first-order valence-electron chi connectivity index (χ1n) is 9.63. The molecule has 0 amide bonds. The van der Waals surface area contributed by atoms with E-state index in [0.29, 0.717) is 0 Å². The van der Waals surface area contributed by atoms with E-state index in [9.17, 15) is 8.42 Å². The summed E-state index contributed by atoms with van der Waals surface area (Å²) in [6.45, 7) is 2.25. The van der Waals surface area contributed by atoms with Crippen LogP contribution < -0.4 is 5.32 Å². The normalized spacial score (nSPS) is 19.3. The highest BCUT2D eigenvalue weighted by molar-refractivity contribution is 8.38. The van der Waals surface area contributed by atoms with Crippen LogP contribution in [0.3, 0.4) is 0 Å². The number of fused-ring (bicyclic) bond motifs is 1. The molecule has 0 spiro atoms. The first kappa shape index (κ1) is 22.3. The van der Waals surface area contributed by atoms with Gasteiger partial charge >= 0.3 is 0 Å². The average Bonchev–Trinajstić information content (AvgIpc) is 2.99. The van der Waals surface area contributed by atoms with Crippen molar-refractivity contribution in [1.82, 2.24) is 0 Å². The third kappa shape index (κ3) is 6.54. The Labute approximate surface area is 171 Å². The van der Waals surface area contributed by atoms with Gasteiger partial charge < -0.3 is 5.32 Å². The molecule has 0 bridgehead atoms. The van der Waals surface area contributed by atoms with Gasteiger partial charge in [0.1, 0.15) is 0 Å². The molecular weight excluding hydrogens is 406 g/mol. The molecule has 7 heteroatoms. The van der Waals surface area contributed by atoms with Crippen LogP contribution in [0.15, 0.2) is 29.2 Å². The Hall–Kier alpha value is -0.0400. The SMILES string of the molecule is CCCCCCCCCCCCSC1(S(=O)(=O)Cl)Nc2ccccc2S1. The van der Waals surface area contributed by atoms with Crippen molar-refractivity contribution in [3.63, 3.8) is 0 Å². The Morgan fingerprint density at radius 1 is 1.00 bits per heavy atom. The Bertz CT molecular complexity index is 627. The highest BCUT2D eigenvalue weighted by Crippen LogP contribution is 2.55. The molecule has 1 N–H and O–H groups in total. The molecule has 1 unspecified atom stereocenters. The minimum Gasteiger partial charge on any atom is -0.348 e. The number of hydrogen-bond donors (Lipinski definition) is 1. The summed E-state index contributed by atoms with van der Waals surface area (Å²) in [7, 11) is 2.03. The van der Waals surface area contributed by atoms with Crippen molar-refractivity contribution in [3.05, 3.63) is 24.3 Å². The van der Waals surface area contributed by atoms with E-state index in [-0.39, 0.29) is 0 Å². The summed E-state index contributed by atoms with van der Waals surface area (Å²) in [4.78, 5) is 0.937. The predicted molar refractivity (Wildman–Crippen MR) is 118 cm³/mol. The number of anilines is 1. The van der Waals surface area contributed by atoms with Crippen molar-refractivity contribution >= 4 is 48.9 Å². The largest absolute Gasteiger partial charge is 0.348 e. The van der Waals surface area contributed by atoms with Crippen LogP contribution in [0.1, 0.15) is 71.1 Å². The topological polar surface area (TPSA) is 46.2 Å². The van der Waals surface area contributed by atoms with Crippen molar-refractivity contribution in [3.8, 4) is 0 Å². The second-order valence-electron chi connectivity index (χ2n) is 6.75. The number of nitrogens with one attached hydrogen (secondary N) is 1. The van der Waals surface area contributed by atoms with Crippen LogP contribution >= 0.6 is 34.2 Å². The molecule has 1 aromatic rings. The fraction of sp³-hybridized carbons (Fsp3) is 0.684. The molecule has 0 fully saturated rings. The van der Waals surface area contributed by atoms with E-state index >= 15 is 0 Å². The molecule has 0 aromatic heterocycles. The van der Waals surface area contributed by atoms with E-state index in [2.05, 4.69) is 12.2 Å². The maximum atomic E-state index is 12.2. The zero-order valence-electron chi connectivity index (χ0n) is 15.5. The molecule has 1 heterocycles. The van der Waals surface area contributed by atoms with E-state index < -0.39 is 12.6 Å². The molecule has 0 saturated carbocycles. The highest BCUT2D eigenvalue weighted by Gasteiger charge is 2.49. The minimum absolute atomic E-state index is 0.788. The van der Waals surface area contributed by atoms with Gasteiger partial charge in [0.25, 0.3) is 12.6 Å². The maximum Gasteiger partial charge on any atom is 0.276 e.